The number of hydrogen-bond donors (Lipinski definition) is 2. The SMILES string of the molecule is CC1(NCc2ccoc2C(=O)O)CC1. The molecule has 2 rings (SSSR count). The van der Waals surface area contributed by atoms with Gasteiger partial charge in [0.05, 0.1) is 6.26 Å². The molecule has 4 nitrogen and oxygen atoms in total. The van der Waals surface area contributed by atoms with Crippen LogP contribution in [0.2, 0.25) is 0 Å². The van der Waals surface area contributed by atoms with Crippen molar-refractivity contribution < 1.29 is 14.3 Å². The Morgan fingerprint density at radius 1 is 1.71 bits per heavy atom. The Hall–Kier alpha value is -1.29. The summed E-state index contributed by atoms with van der Waals surface area (Å²) in [5.74, 6) is -0.963. The third kappa shape index (κ3) is 1.80. The number of nitrogens with one attached hydrogen (secondary N) is 1. The van der Waals surface area contributed by atoms with Crippen LogP contribution in [0.25, 0.3) is 0 Å². The lowest BCUT2D eigenvalue weighted by molar-refractivity contribution is 0.0660. The fourth-order valence-corrected chi connectivity index (χ4v) is 1.34. The molecule has 0 atom stereocenters. The number of furan rings is 1. The van der Waals surface area contributed by atoms with Crippen LogP contribution in [0.3, 0.4) is 0 Å². The van der Waals surface area contributed by atoms with Gasteiger partial charge < -0.3 is 14.8 Å². The number of carboxylic acids is 1. The molecule has 0 spiro atoms. The number of hydrogen-bond acceptors (Lipinski definition) is 3. The van der Waals surface area contributed by atoms with Crippen molar-refractivity contribution >= 4 is 5.97 Å². The van der Waals surface area contributed by atoms with E-state index in [-0.39, 0.29) is 11.3 Å². The van der Waals surface area contributed by atoms with E-state index in [2.05, 4.69) is 12.2 Å². The van der Waals surface area contributed by atoms with Crippen LogP contribution in [0.1, 0.15) is 35.9 Å². The van der Waals surface area contributed by atoms with E-state index in [9.17, 15) is 4.79 Å². The highest BCUT2D eigenvalue weighted by atomic mass is 16.4. The molecule has 1 aromatic heterocycles. The van der Waals surface area contributed by atoms with Gasteiger partial charge in [-0.3, -0.25) is 0 Å². The first-order valence-corrected chi connectivity index (χ1v) is 4.65. The summed E-state index contributed by atoms with van der Waals surface area (Å²) in [6, 6.07) is 1.70. The minimum Gasteiger partial charge on any atom is -0.475 e. The van der Waals surface area contributed by atoms with Gasteiger partial charge in [-0.2, -0.15) is 0 Å². The number of carbonyl (C=O) groups is 1. The highest BCUT2D eigenvalue weighted by molar-refractivity contribution is 5.86. The predicted molar refractivity (Wildman–Crippen MR) is 50.1 cm³/mol. The van der Waals surface area contributed by atoms with Crippen molar-refractivity contribution in [3.63, 3.8) is 0 Å². The van der Waals surface area contributed by atoms with Crippen molar-refractivity contribution in [2.24, 2.45) is 0 Å². The van der Waals surface area contributed by atoms with Crippen molar-refractivity contribution in [1.82, 2.24) is 5.32 Å². The monoisotopic (exact) mass is 195 g/mol. The molecule has 1 aliphatic rings. The summed E-state index contributed by atoms with van der Waals surface area (Å²) >= 11 is 0. The zero-order chi connectivity index (χ0) is 10.2. The molecule has 0 unspecified atom stereocenters. The van der Waals surface area contributed by atoms with Crippen LogP contribution >= 0.6 is 0 Å². The Kier molecular flexibility index (Phi) is 2.07. The molecule has 0 aliphatic heterocycles. The smallest absolute Gasteiger partial charge is 0.372 e. The molecule has 0 amide bonds. The van der Waals surface area contributed by atoms with Crippen LogP contribution in [0.4, 0.5) is 0 Å². The second-order valence-electron chi connectivity index (χ2n) is 3.99. The van der Waals surface area contributed by atoms with Crippen LogP contribution in [0, 0.1) is 0 Å². The summed E-state index contributed by atoms with van der Waals surface area (Å²) < 4.78 is 4.87. The molecule has 14 heavy (non-hydrogen) atoms. The van der Waals surface area contributed by atoms with Crippen LogP contribution in [0.5, 0.6) is 0 Å². The maximum Gasteiger partial charge on any atom is 0.372 e. The maximum atomic E-state index is 10.7. The molecule has 76 valence electrons. The van der Waals surface area contributed by atoms with Gasteiger partial charge in [-0.1, -0.05) is 0 Å². The first-order valence-electron chi connectivity index (χ1n) is 4.65. The lowest BCUT2D eigenvalue weighted by Gasteiger charge is -2.09. The van der Waals surface area contributed by atoms with Gasteiger partial charge in [0, 0.05) is 17.6 Å². The van der Waals surface area contributed by atoms with Gasteiger partial charge >= 0.3 is 5.97 Å². The van der Waals surface area contributed by atoms with Crippen molar-refractivity contribution in [3.8, 4) is 0 Å². The number of aromatic carboxylic acids is 1. The zero-order valence-electron chi connectivity index (χ0n) is 8.04. The molecule has 1 saturated carbocycles. The molecule has 0 saturated heterocycles. The molecule has 2 N–H and O–H groups in total. The molecule has 0 bridgehead atoms. The van der Waals surface area contributed by atoms with Crippen LogP contribution in [0.15, 0.2) is 16.7 Å². The normalized spacial score (nSPS) is 18.1. The predicted octanol–water partition coefficient (Wildman–Crippen LogP) is 1.62. The zero-order valence-corrected chi connectivity index (χ0v) is 8.04. The minimum atomic E-state index is -1.01. The number of rotatable bonds is 4. The van der Waals surface area contributed by atoms with Crippen LogP contribution < -0.4 is 5.32 Å². The van der Waals surface area contributed by atoms with Crippen molar-refractivity contribution in [2.75, 3.05) is 0 Å². The van der Waals surface area contributed by atoms with E-state index in [1.165, 1.54) is 6.26 Å². The van der Waals surface area contributed by atoms with E-state index in [1.807, 2.05) is 0 Å². The first-order chi connectivity index (χ1) is 6.61. The average Bonchev–Trinajstić information content (AvgIpc) is 2.68. The van der Waals surface area contributed by atoms with Gasteiger partial charge in [0.1, 0.15) is 0 Å². The Labute approximate surface area is 81.9 Å². The van der Waals surface area contributed by atoms with Gasteiger partial charge in [0.25, 0.3) is 0 Å². The summed E-state index contributed by atoms with van der Waals surface area (Å²) in [6.07, 6.45) is 3.73. The van der Waals surface area contributed by atoms with Crippen molar-refractivity contribution in [1.29, 1.82) is 0 Å². The second kappa shape index (κ2) is 3.13. The summed E-state index contributed by atoms with van der Waals surface area (Å²) in [5.41, 5.74) is 0.929. The van der Waals surface area contributed by atoms with E-state index in [0.29, 0.717) is 12.1 Å². The van der Waals surface area contributed by atoms with Gasteiger partial charge in [0.2, 0.25) is 5.76 Å². The molecule has 0 aromatic carbocycles. The molecule has 1 fully saturated rings. The molecule has 1 heterocycles. The lowest BCUT2D eigenvalue weighted by atomic mass is 10.2. The third-order valence-electron chi connectivity index (χ3n) is 2.65. The third-order valence-corrected chi connectivity index (χ3v) is 2.65. The molecule has 4 heteroatoms. The summed E-state index contributed by atoms with van der Waals surface area (Å²) in [6.45, 7) is 2.70. The Balaban J connectivity index is 2.01. The Bertz CT molecular complexity index is 352. The quantitative estimate of drug-likeness (QED) is 0.766. The standard InChI is InChI=1S/C10H13NO3/c1-10(3-4-10)11-6-7-2-5-14-8(7)9(12)13/h2,5,11H,3-4,6H2,1H3,(H,12,13). The van der Waals surface area contributed by atoms with E-state index in [4.69, 9.17) is 9.52 Å². The average molecular weight is 195 g/mol. The highest BCUT2D eigenvalue weighted by Crippen LogP contribution is 2.34. The molecular formula is C10H13NO3. The minimum absolute atomic E-state index is 0.0433. The lowest BCUT2D eigenvalue weighted by Crippen LogP contribution is -2.27. The molecule has 1 aromatic rings. The second-order valence-corrected chi connectivity index (χ2v) is 3.99. The maximum absolute atomic E-state index is 10.7. The largest absolute Gasteiger partial charge is 0.475 e. The fourth-order valence-electron chi connectivity index (χ4n) is 1.34. The van der Waals surface area contributed by atoms with E-state index in [1.54, 1.807) is 6.07 Å². The first kappa shape index (κ1) is 9.27. The van der Waals surface area contributed by atoms with Gasteiger partial charge in [0.15, 0.2) is 0 Å². The Morgan fingerprint density at radius 2 is 2.43 bits per heavy atom. The van der Waals surface area contributed by atoms with Gasteiger partial charge in [-0.25, -0.2) is 4.79 Å². The molecule has 1 aliphatic carbocycles. The van der Waals surface area contributed by atoms with E-state index >= 15 is 0 Å². The Morgan fingerprint density at radius 3 is 3.00 bits per heavy atom. The topological polar surface area (TPSA) is 62.5 Å². The van der Waals surface area contributed by atoms with E-state index in [0.717, 1.165) is 12.8 Å². The van der Waals surface area contributed by atoms with Crippen molar-refractivity contribution in [3.05, 3.63) is 23.7 Å². The summed E-state index contributed by atoms with van der Waals surface area (Å²) in [5, 5.41) is 12.1. The van der Waals surface area contributed by atoms with Crippen LogP contribution in [-0.2, 0) is 6.54 Å². The molecular weight excluding hydrogens is 182 g/mol. The number of carboxylic acid groups (broad SMARTS) is 1. The summed E-state index contributed by atoms with van der Waals surface area (Å²) in [7, 11) is 0. The van der Waals surface area contributed by atoms with Gasteiger partial charge in [-0.15, -0.1) is 0 Å². The van der Waals surface area contributed by atoms with Crippen LogP contribution in [-0.4, -0.2) is 16.6 Å². The molecule has 0 radical (unpaired) electrons. The van der Waals surface area contributed by atoms with Gasteiger partial charge in [-0.05, 0) is 25.8 Å². The summed E-state index contributed by atoms with van der Waals surface area (Å²) in [4.78, 5) is 10.7. The van der Waals surface area contributed by atoms with Crippen molar-refractivity contribution in [2.45, 2.75) is 31.8 Å². The highest BCUT2D eigenvalue weighted by Gasteiger charge is 2.36. The van der Waals surface area contributed by atoms with E-state index < -0.39 is 5.97 Å². The fraction of sp³-hybridized carbons (Fsp3) is 0.500.